The molecule has 1 heterocycles. The molecular weight excluding hydrogens is 348 g/mol. The molecule has 1 aliphatic carbocycles. The number of fused-ring (bicyclic) bond motifs is 1. The molecular formula is C20H20N2O3S. The van der Waals surface area contributed by atoms with Gasteiger partial charge in [-0.15, -0.1) is 11.3 Å². The zero-order valence-corrected chi connectivity index (χ0v) is 15.6. The lowest BCUT2D eigenvalue weighted by Crippen LogP contribution is -2.29. The Balaban J connectivity index is 1.62. The van der Waals surface area contributed by atoms with Gasteiger partial charge >= 0.3 is 5.97 Å². The average molecular weight is 368 g/mol. The Morgan fingerprint density at radius 1 is 1.38 bits per heavy atom. The fourth-order valence-corrected chi connectivity index (χ4v) is 4.08. The summed E-state index contributed by atoms with van der Waals surface area (Å²) in [5.41, 5.74) is 2.18. The van der Waals surface area contributed by atoms with Crippen LogP contribution in [0.3, 0.4) is 0 Å². The van der Waals surface area contributed by atoms with Crippen LogP contribution < -0.4 is 5.32 Å². The lowest BCUT2D eigenvalue weighted by molar-refractivity contribution is -0.123. The summed E-state index contributed by atoms with van der Waals surface area (Å²) in [7, 11) is 0. The summed E-state index contributed by atoms with van der Waals surface area (Å²) in [5.74, 6) is -0.260. The first-order valence-electron chi connectivity index (χ1n) is 8.60. The minimum atomic E-state index is -0.925. The molecule has 26 heavy (non-hydrogen) atoms. The number of anilines is 1. The molecule has 0 unspecified atom stereocenters. The maximum Gasteiger partial charge on any atom is 0.349 e. The van der Waals surface area contributed by atoms with Crippen molar-refractivity contribution in [2.45, 2.75) is 39.2 Å². The van der Waals surface area contributed by atoms with E-state index in [4.69, 9.17) is 10.00 Å². The van der Waals surface area contributed by atoms with Crippen LogP contribution in [0.4, 0.5) is 5.69 Å². The number of amides is 1. The zero-order valence-electron chi connectivity index (χ0n) is 14.7. The summed E-state index contributed by atoms with van der Waals surface area (Å²) < 4.78 is 5.33. The quantitative estimate of drug-likeness (QED) is 0.829. The molecule has 0 aliphatic heterocycles. The zero-order chi connectivity index (χ0) is 18.7. The summed E-state index contributed by atoms with van der Waals surface area (Å²) in [6.07, 6.45) is 2.21. The van der Waals surface area contributed by atoms with Gasteiger partial charge in [-0.2, -0.15) is 5.26 Å². The molecule has 0 bridgehead atoms. The lowest BCUT2D eigenvalue weighted by Gasteiger charge is -2.16. The third-order valence-corrected chi connectivity index (χ3v) is 5.66. The number of rotatable bonds is 4. The van der Waals surface area contributed by atoms with Crippen molar-refractivity contribution in [2.24, 2.45) is 5.92 Å². The van der Waals surface area contributed by atoms with Crippen LogP contribution in [0.2, 0.25) is 0 Å². The Kier molecular flexibility index (Phi) is 5.38. The highest BCUT2D eigenvalue weighted by Gasteiger charge is 2.24. The molecule has 5 nitrogen and oxygen atoms in total. The molecule has 6 heteroatoms. The van der Waals surface area contributed by atoms with Crippen molar-refractivity contribution in [2.75, 3.05) is 5.32 Å². The van der Waals surface area contributed by atoms with Crippen molar-refractivity contribution < 1.29 is 14.3 Å². The number of hydrogen-bond acceptors (Lipinski definition) is 5. The van der Waals surface area contributed by atoms with E-state index in [1.807, 2.05) is 12.1 Å². The number of aryl methyl sites for hydroxylation is 1. The molecule has 0 fully saturated rings. The fourth-order valence-electron chi connectivity index (χ4n) is 2.99. The number of nitriles is 1. The van der Waals surface area contributed by atoms with Gasteiger partial charge in [-0.1, -0.05) is 13.0 Å². The third kappa shape index (κ3) is 4.12. The van der Waals surface area contributed by atoms with Crippen molar-refractivity contribution >= 4 is 28.9 Å². The standard InChI is InChI=1S/C20H20N2O3S/c1-12-6-7-17-15(8-12)10-18(26-17)20(24)25-13(2)19(23)22-16-5-3-4-14(9-16)11-21/h3-5,9-10,12-13H,6-8H2,1-2H3,(H,22,23)/t12-,13+/m0/s1. The molecule has 3 rings (SSSR count). The van der Waals surface area contributed by atoms with E-state index < -0.39 is 18.0 Å². The normalized spacial score (nSPS) is 16.9. The van der Waals surface area contributed by atoms with Gasteiger partial charge in [0.2, 0.25) is 0 Å². The van der Waals surface area contributed by atoms with Gasteiger partial charge in [0.15, 0.2) is 6.10 Å². The van der Waals surface area contributed by atoms with Crippen molar-refractivity contribution in [1.29, 1.82) is 5.26 Å². The van der Waals surface area contributed by atoms with Gasteiger partial charge < -0.3 is 10.1 Å². The first-order valence-corrected chi connectivity index (χ1v) is 9.41. The topological polar surface area (TPSA) is 79.2 Å². The van der Waals surface area contributed by atoms with E-state index in [-0.39, 0.29) is 0 Å². The SMILES string of the molecule is C[C@H]1CCc2sc(C(=O)O[C@H](C)C(=O)Nc3cccc(C#N)c3)cc2C1. The minimum absolute atomic E-state index is 0.427. The second-order valence-electron chi connectivity index (χ2n) is 6.64. The molecule has 2 atom stereocenters. The number of nitrogens with zero attached hydrogens (tertiary/aromatic N) is 1. The fraction of sp³-hybridized carbons (Fsp3) is 0.350. The van der Waals surface area contributed by atoms with E-state index in [2.05, 4.69) is 12.2 Å². The monoisotopic (exact) mass is 368 g/mol. The van der Waals surface area contributed by atoms with E-state index in [0.29, 0.717) is 22.0 Å². The van der Waals surface area contributed by atoms with E-state index in [9.17, 15) is 9.59 Å². The van der Waals surface area contributed by atoms with Gasteiger partial charge in [0.05, 0.1) is 11.6 Å². The molecule has 0 radical (unpaired) electrons. The van der Waals surface area contributed by atoms with Crippen LogP contribution in [0.25, 0.3) is 0 Å². The molecule has 0 spiro atoms. The Morgan fingerprint density at radius 3 is 2.96 bits per heavy atom. The van der Waals surface area contributed by atoms with Crippen LogP contribution in [0.1, 0.15) is 45.9 Å². The highest BCUT2D eigenvalue weighted by molar-refractivity contribution is 7.14. The summed E-state index contributed by atoms with van der Waals surface area (Å²) >= 11 is 1.47. The molecule has 0 saturated heterocycles. The lowest BCUT2D eigenvalue weighted by atomic mass is 9.90. The third-order valence-electron chi connectivity index (χ3n) is 4.44. The minimum Gasteiger partial charge on any atom is -0.448 e. The molecule has 1 aliphatic rings. The summed E-state index contributed by atoms with van der Waals surface area (Å²) in [4.78, 5) is 26.4. The van der Waals surface area contributed by atoms with Crippen molar-refractivity contribution in [3.8, 4) is 6.07 Å². The van der Waals surface area contributed by atoms with E-state index in [0.717, 1.165) is 19.3 Å². The molecule has 1 aromatic heterocycles. The number of nitrogens with one attached hydrogen (secondary N) is 1. The van der Waals surface area contributed by atoms with Gasteiger partial charge in [0.1, 0.15) is 4.88 Å². The first-order chi connectivity index (χ1) is 12.5. The molecule has 2 aromatic rings. The predicted molar refractivity (Wildman–Crippen MR) is 100 cm³/mol. The van der Waals surface area contributed by atoms with E-state index >= 15 is 0 Å². The average Bonchev–Trinajstić information content (AvgIpc) is 3.05. The van der Waals surface area contributed by atoms with Crippen LogP contribution >= 0.6 is 11.3 Å². The maximum absolute atomic E-state index is 12.4. The van der Waals surface area contributed by atoms with Gasteiger partial charge in [-0.05, 0) is 61.9 Å². The second kappa shape index (κ2) is 7.71. The summed E-state index contributed by atoms with van der Waals surface area (Å²) in [5, 5.41) is 11.6. The number of esters is 1. The molecule has 1 N–H and O–H groups in total. The van der Waals surface area contributed by atoms with Crippen LogP contribution in [-0.4, -0.2) is 18.0 Å². The van der Waals surface area contributed by atoms with Crippen molar-refractivity contribution in [3.05, 3.63) is 51.2 Å². The van der Waals surface area contributed by atoms with Crippen molar-refractivity contribution in [1.82, 2.24) is 0 Å². The first kappa shape index (κ1) is 18.2. The van der Waals surface area contributed by atoms with Crippen LogP contribution in [0.15, 0.2) is 30.3 Å². The number of thiophene rings is 1. The Labute approximate surface area is 156 Å². The highest BCUT2D eigenvalue weighted by Crippen LogP contribution is 2.32. The summed E-state index contributed by atoms with van der Waals surface area (Å²) in [6.45, 7) is 3.75. The van der Waals surface area contributed by atoms with Crippen LogP contribution in [0, 0.1) is 17.2 Å². The molecule has 0 saturated carbocycles. The van der Waals surface area contributed by atoms with Gasteiger partial charge in [0.25, 0.3) is 5.91 Å². The highest BCUT2D eigenvalue weighted by atomic mass is 32.1. The molecule has 1 amide bonds. The maximum atomic E-state index is 12.4. The number of ether oxygens (including phenoxy) is 1. The Bertz CT molecular complexity index is 881. The smallest absolute Gasteiger partial charge is 0.349 e. The number of hydrogen-bond donors (Lipinski definition) is 1. The van der Waals surface area contributed by atoms with Crippen molar-refractivity contribution in [3.63, 3.8) is 0 Å². The number of benzene rings is 1. The Hall–Kier alpha value is -2.65. The van der Waals surface area contributed by atoms with Crippen LogP contribution in [0.5, 0.6) is 0 Å². The largest absolute Gasteiger partial charge is 0.448 e. The van der Waals surface area contributed by atoms with E-state index in [1.165, 1.54) is 28.7 Å². The number of carbonyl (C=O) groups excluding carboxylic acids is 2. The predicted octanol–water partition coefficient (Wildman–Crippen LogP) is 3.93. The van der Waals surface area contributed by atoms with Crippen LogP contribution in [-0.2, 0) is 22.4 Å². The Morgan fingerprint density at radius 2 is 2.19 bits per heavy atom. The van der Waals surface area contributed by atoms with Gasteiger partial charge in [0, 0.05) is 10.6 Å². The molecule has 1 aromatic carbocycles. The van der Waals surface area contributed by atoms with E-state index in [1.54, 1.807) is 24.3 Å². The number of carbonyl (C=O) groups is 2. The molecule has 134 valence electrons. The van der Waals surface area contributed by atoms with Gasteiger partial charge in [-0.3, -0.25) is 4.79 Å². The van der Waals surface area contributed by atoms with Gasteiger partial charge in [-0.25, -0.2) is 4.79 Å². The second-order valence-corrected chi connectivity index (χ2v) is 7.77. The summed E-state index contributed by atoms with van der Waals surface area (Å²) in [6, 6.07) is 10.5.